The highest BCUT2D eigenvalue weighted by atomic mass is 79.9. The second-order valence-electron chi connectivity index (χ2n) is 9.68. The maximum atomic E-state index is 12.1. The maximum absolute atomic E-state index is 12.1. The molecule has 0 aromatic heterocycles. The molecule has 7 nitrogen and oxygen atoms in total. The minimum absolute atomic E-state index is 0.217. The van der Waals surface area contributed by atoms with Crippen molar-refractivity contribution in [3.8, 4) is 23.0 Å². The third-order valence-corrected chi connectivity index (χ3v) is 7.68. The molecule has 0 saturated carbocycles. The van der Waals surface area contributed by atoms with Gasteiger partial charge in [0.25, 0.3) is 0 Å². The smallest absolute Gasteiger partial charge is 0.317 e. The van der Waals surface area contributed by atoms with Gasteiger partial charge in [-0.3, -0.25) is 4.79 Å². The van der Waals surface area contributed by atoms with Gasteiger partial charge in [0.1, 0.15) is 0 Å². The van der Waals surface area contributed by atoms with Crippen LogP contribution in [-0.2, 0) is 20.5 Å². The number of rotatable bonds is 16. The molecule has 0 saturated heterocycles. The Bertz CT molecular complexity index is 998. The Morgan fingerprint density at radius 3 is 2.03 bits per heavy atom. The molecule has 2 aromatic carbocycles. The van der Waals surface area contributed by atoms with Crippen LogP contribution in [0.1, 0.15) is 50.7 Å². The van der Waals surface area contributed by atoms with Crippen LogP contribution in [0.5, 0.6) is 23.0 Å². The summed E-state index contributed by atoms with van der Waals surface area (Å²) in [4.78, 5) is 14.4. The number of hydrogen-bond donors (Lipinski definition) is 0. The van der Waals surface area contributed by atoms with Gasteiger partial charge in [-0.05, 0) is 86.0 Å². The van der Waals surface area contributed by atoms with Crippen LogP contribution in [0.15, 0.2) is 36.4 Å². The van der Waals surface area contributed by atoms with Crippen LogP contribution < -0.4 is 18.9 Å². The van der Waals surface area contributed by atoms with Crippen molar-refractivity contribution in [2.45, 2.75) is 51.4 Å². The van der Waals surface area contributed by atoms with Crippen LogP contribution in [0.2, 0.25) is 0 Å². The molecule has 8 heteroatoms. The largest absolute Gasteiger partial charge is 0.493 e. The van der Waals surface area contributed by atoms with Gasteiger partial charge in [-0.25, -0.2) is 0 Å². The predicted octanol–water partition coefficient (Wildman–Crippen LogP) is 6.20. The van der Waals surface area contributed by atoms with E-state index in [1.807, 2.05) is 18.2 Å². The molecule has 2 aromatic rings. The first-order chi connectivity index (χ1) is 17.7. The molecule has 0 amide bonds. The minimum atomic E-state index is -0.266. The summed E-state index contributed by atoms with van der Waals surface area (Å²) in [5, 5.41) is 0. The van der Waals surface area contributed by atoms with Crippen molar-refractivity contribution in [2.24, 2.45) is 5.92 Å². The van der Waals surface area contributed by atoms with Crippen LogP contribution >= 0.6 is 16.3 Å². The Kier molecular flexibility index (Phi) is 12.5. The number of likely N-dealkylation sites (N-methyl/N-ethyl adjacent to an activating group) is 1. The zero-order chi connectivity index (χ0) is 27.4. The van der Waals surface area contributed by atoms with E-state index in [1.165, 1.54) is 5.56 Å². The van der Waals surface area contributed by atoms with Gasteiger partial charge in [-0.15, -0.1) is 0 Å². The molecule has 0 bridgehead atoms. The number of halogens is 1. The number of carbonyl (C=O) groups is 1. The number of nitrogens with zero attached hydrogens (tertiary/aromatic N) is 1. The highest BCUT2D eigenvalue weighted by Gasteiger charge is 2.36. The van der Waals surface area contributed by atoms with Crippen molar-refractivity contribution < 1.29 is 27.6 Å². The lowest BCUT2D eigenvalue weighted by atomic mass is 9.66. The van der Waals surface area contributed by atoms with Crippen molar-refractivity contribution in [1.29, 1.82) is 0 Å². The summed E-state index contributed by atoms with van der Waals surface area (Å²) >= 11 is 2.84. The van der Waals surface area contributed by atoms with Crippen molar-refractivity contribution in [1.82, 2.24) is 4.90 Å². The maximum Gasteiger partial charge on any atom is 0.317 e. The van der Waals surface area contributed by atoms with Gasteiger partial charge in [0, 0.05) is 13.0 Å². The lowest BCUT2D eigenvalue weighted by molar-refractivity contribution is -0.132. The van der Waals surface area contributed by atoms with Crippen molar-refractivity contribution in [3.05, 3.63) is 47.5 Å². The number of hydrogen-bond acceptors (Lipinski definition) is 7. The predicted molar refractivity (Wildman–Crippen MR) is 150 cm³/mol. The minimum Gasteiger partial charge on any atom is -0.493 e. The number of benzene rings is 2. The highest BCUT2D eigenvalue weighted by molar-refractivity contribution is 9.06. The fraction of sp³-hybridized carbons (Fsp3) is 0.552. The van der Waals surface area contributed by atoms with E-state index in [0.717, 1.165) is 49.4 Å². The van der Waals surface area contributed by atoms with Crippen molar-refractivity contribution >= 4 is 22.2 Å². The Balaban J connectivity index is 2.14. The SMILES string of the molecule is COc1ccc(CCN(C)CCCC(CCC(=O)OBr)(c2ccc(OC)c(OC)c2)C(C)C)cc1OC. The summed E-state index contributed by atoms with van der Waals surface area (Å²) in [6, 6.07) is 12.2. The van der Waals surface area contributed by atoms with E-state index in [2.05, 4.69) is 60.3 Å². The average molecular weight is 581 g/mol. The number of ether oxygens (including phenoxy) is 4. The Morgan fingerprint density at radius 1 is 0.865 bits per heavy atom. The first-order valence-corrected chi connectivity index (χ1v) is 13.3. The van der Waals surface area contributed by atoms with Gasteiger partial charge in [0.15, 0.2) is 39.3 Å². The van der Waals surface area contributed by atoms with E-state index in [1.54, 1.807) is 28.4 Å². The monoisotopic (exact) mass is 579 g/mol. The molecule has 206 valence electrons. The van der Waals surface area contributed by atoms with Crippen LogP contribution in [0.25, 0.3) is 0 Å². The third-order valence-electron chi connectivity index (χ3n) is 7.32. The molecule has 0 spiro atoms. The first-order valence-electron chi connectivity index (χ1n) is 12.7. The van der Waals surface area contributed by atoms with Crippen molar-refractivity contribution in [2.75, 3.05) is 48.6 Å². The van der Waals surface area contributed by atoms with Crippen LogP contribution in [0.3, 0.4) is 0 Å². The second-order valence-corrected chi connectivity index (χ2v) is 10.00. The summed E-state index contributed by atoms with van der Waals surface area (Å²) in [6.45, 7) is 6.31. The molecule has 0 aliphatic heterocycles. The Labute approximate surface area is 230 Å². The molecule has 2 rings (SSSR count). The fourth-order valence-corrected chi connectivity index (χ4v) is 5.13. The molecule has 0 heterocycles. The number of methoxy groups -OCH3 is 4. The molecular weight excluding hydrogens is 538 g/mol. The van der Waals surface area contributed by atoms with Gasteiger partial charge >= 0.3 is 5.97 Å². The average Bonchev–Trinajstić information content (AvgIpc) is 2.92. The van der Waals surface area contributed by atoms with Crippen LogP contribution in [0, 0.1) is 5.92 Å². The normalized spacial score (nSPS) is 12.8. The number of carbonyl (C=O) groups excluding carboxylic acids is 1. The second kappa shape index (κ2) is 15.1. The molecule has 0 fully saturated rings. The molecule has 0 aliphatic carbocycles. The van der Waals surface area contributed by atoms with Gasteiger partial charge in [-0.1, -0.05) is 26.0 Å². The summed E-state index contributed by atoms with van der Waals surface area (Å²) in [7, 11) is 8.74. The summed E-state index contributed by atoms with van der Waals surface area (Å²) < 4.78 is 26.6. The fourth-order valence-electron chi connectivity index (χ4n) is 4.97. The molecule has 0 N–H and O–H groups in total. The van der Waals surface area contributed by atoms with Crippen LogP contribution in [0.4, 0.5) is 0 Å². The lowest BCUT2D eigenvalue weighted by Gasteiger charge is -2.39. The summed E-state index contributed by atoms with van der Waals surface area (Å²) in [5.41, 5.74) is 2.14. The third kappa shape index (κ3) is 8.27. The zero-order valence-corrected chi connectivity index (χ0v) is 24.9. The first kappa shape index (κ1) is 30.8. The van der Waals surface area contributed by atoms with E-state index in [4.69, 9.17) is 22.8 Å². The van der Waals surface area contributed by atoms with Gasteiger partial charge in [-0.2, -0.15) is 0 Å². The summed E-state index contributed by atoms with van der Waals surface area (Å²) in [6.07, 6.45) is 3.83. The van der Waals surface area contributed by atoms with Crippen molar-refractivity contribution in [3.63, 3.8) is 0 Å². The molecule has 37 heavy (non-hydrogen) atoms. The molecule has 1 unspecified atom stereocenters. The topological polar surface area (TPSA) is 66.5 Å². The van der Waals surface area contributed by atoms with Crippen LogP contribution in [-0.4, -0.2) is 59.4 Å². The van der Waals surface area contributed by atoms with Gasteiger partial charge in [0.05, 0.1) is 28.4 Å². The van der Waals surface area contributed by atoms with E-state index >= 15 is 0 Å². The quantitative estimate of drug-likeness (QED) is 0.234. The van der Waals surface area contributed by atoms with E-state index in [9.17, 15) is 4.79 Å². The summed E-state index contributed by atoms with van der Waals surface area (Å²) in [5.74, 6) is 2.91. The standard InChI is InChI=1S/C29H42BrNO6/c1-21(2)29(16-13-28(32)37-30,23-10-12-25(34-5)27(20-23)36-7)15-8-17-31(3)18-14-22-9-11-24(33-4)26(19-22)35-6/h9-12,19-21H,8,13-18H2,1-7H3. The van der Waals surface area contributed by atoms with E-state index in [0.29, 0.717) is 30.3 Å². The van der Waals surface area contributed by atoms with E-state index in [-0.39, 0.29) is 11.4 Å². The molecule has 1 atom stereocenters. The molecule has 0 aliphatic rings. The highest BCUT2D eigenvalue weighted by Crippen LogP contribution is 2.44. The molecular formula is C29H42BrNO6. The van der Waals surface area contributed by atoms with Gasteiger partial charge in [0.2, 0.25) is 0 Å². The Morgan fingerprint density at radius 2 is 1.46 bits per heavy atom. The lowest BCUT2D eigenvalue weighted by Crippen LogP contribution is -2.35. The van der Waals surface area contributed by atoms with E-state index < -0.39 is 0 Å². The zero-order valence-electron chi connectivity index (χ0n) is 23.3. The van der Waals surface area contributed by atoms with Gasteiger partial charge < -0.3 is 27.7 Å². The Hall–Kier alpha value is -2.45. The molecule has 0 radical (unpaired) electrons.